The van der Waals surface area contributed by atoms with Gasteiger partial charge in [-0.3, -0.25) is 0 Å². The first-order valence-corrected chi connectivity index (χ1v) is 6.39. The zero-order valence-corrected chi connectivity index (χ0v) is 9.76. The molecule has 2 heteroatoms. The molecule has 2 saturated carbocycles. The predicted octanol–water partition coefficient (Wildman–Crippen LogP) is 3.10. The van der Waals surface area contributed by atoms with E-state index in [9.17, 15) is 4.79 Å². The minimum atomic E-state index is -0.428. The molecular formula is C13H22O2. The minimum absolute atomic E-state index is 0.197. The maximum absolute atomic E-state index is 11.5. The number of aldehydes is 1. The number of carbonyl (C=O) groups is 1. The Labute approximate surface area is 92.4 Å². The lowest BCUT2D eigenvalue weighted by atomic mass is 9.65. The van der Waals surface area contributed by atoms with Gasteiger partial charge in [0.05, 0.1) is 0 Å². The summed E-state index contributed by atoms with van der Waals surface area (Å²) in [6, 6.07) is 0. The van der Waals surface area contributed by atoms with Gasteiger partial charge >= 0.3 is 0 Å². The van der Waals surface area contributed by atoms with E-state index < -0.39 is 5.60 Å². The molecule has 2 aliphatic carbocycles. The molecule has 2 aliphatic rings. The second-order valence-corrected chi connectivity index (χ2v) is 5.13. The third-order valence-corrected chi connectivity index (χ3v) is 4.50. The topological polar surface area (TPSA) is 26.3 Å². The average Bonchev–Trinajstić information content (AvgIpc) is 2.60. The molecule has 0 radical (unpaired) electrons. The molecule has 1 spiro atoms. The van der Waals surface area contributed by atoms with Gasteiger partial charge in [-0.15, -0.1) is 0 Å². The SMILES string of the molecule is CCOC1(C=O)CCCC12CCCCC2. The van der Waals surface area contributed by atoms with Gasteiger partial charge < -0.3 is 9.53 Å². The number of carbonyl (C=O) groups excluding carboxylic acids is 1. The summed E-state index contributed by atoms with van der Waals surface area (Å²) in [5.41, 5.74) is -0.231. The fourth-order valence-corrected chi connectivity index (χ4v) is 3.77. The summed E-state index contributed by atoms with van der Waals surface area (Å²) >= 11 is 0. The van der Waals surface area contributed by atoms with Crippen molar-refractivity contribution < 1.29 is 9.53 Å². The summed E-state index contributed by atoms with van der Waals surface area (Å²) in [6.07, 6.45) is 10.7. The highest BCUT2D eigenvalue weighted by atomic mass is 16.5. The molecule has 0 aromatic carbocycles. The standard InChI is InChI=1S/C13H22O2/c1-2-15-13(11-14)10-6-9-12(13)7-4-3-5-8-12/h11H,2-10H2,1H3. The van der Waals surface area contributed by atoms with Crippen LogP contribution >= 0.6 is 0 Å². The molecule has 0 aromatic rings. The average molecular weight is 210 g/mol. The molecule has 86 valence electrons. The first-order chi connectivity index (χ1) is 7.29. The first-order valence-electron chi connectivity index (χ1n) is 6.39. The molecule has 0 saturated heterocycles. The minimum Gasteiger partial charge on any atom is -0.367 e. The van der Waals surface area contributed by atoms with Gasteiger partial charge in [0.15, 0.2) is 6.29 Å². The van der Waals surface area contributed by atoms with Crippen molar-refractivity contribution >= 4 is 6.29 Å². The molecule has 1 atom stereocenters. The Hall–Kier alpha value is -0.370. The van der Waals surface area contributed by atoms with Crippen LogP contribution in [0, 0.1) is 5.41 Å². The van der Waals surface area contributed by atoms with Gasteiger partial charge in [-0.25, -0.2) is 0 Å². The highest BCUT2D eigenvalue weighted by Crippen LogP contribution is 2.55. The van der Waals surface area contributed by atoms with E-state index in [1.165, 1.54) is 44.9 Å². The monoisotopic (exact) mass is 210 g/mol. The van der Waals surface area contributed by atoms with Crippen molar-refractivity contribution in [2.24, 2.45) is 5.41 Å². The summed E-state index contributed by atoms with van der Waals surface area (Å²) < 4.78 is 5.86. The number of hydrogen-bond acceptors (Lipinski definition) is 2. The van der Waals surface area contributed by atoms with Gasteiger partial charge in [-0.05, 0) is 39.0 Å². The van der Waals surface area contributed by atoms with Crippen LogP contribution in [0.25, 0.3) is 0 Å². The van der Waals surface area contributed by atoms with Crippen molar-refractivity contribution in [3.63, 3.8) is 0 Å². The van der Waals surface area contributed by atoms with Crippen LogP contribution < -0.4 is 0 Å². The maximum atomic E-state index is 11.5. The highest BCUT2D eigenvalue weighted by molar-refractivity contribution is 5.65. The third-order valence-electron chi connectivity index (χ3n) is 4.50. The van der Waals surface area contributed by atoms with E-state index in [-0.39, 0.29) is 5.41 Å². The Balaban J connectivity index is 2.23. The van der Waals surface area contributed by atoms with E-state index in [0.29, 0.717) is 6.61 Å². The second kappa shape index (κ2) is 4.25. The van der Waals surface area contributed by atoms with E-state index >= 15 is 0 Å². The number of ether oxygens (including phenoxy) is 1. The van der Waals surface area contributed by atoms with Crippen LogP contribution in [0.15, 0.2) is 0 Å². The Morgan fingerprint density at radius 2 is 1.73 bits per heavy atom. The van der Waals surface area contributed by atoms with Gasteiger partial charge in [0, 0.05) is 12.0 Å². The molecule has 0 aromatic heterocycles. The van der Waals surface area contributed by atoms with Gasteiger partial charge in [0.2, 0.25) is 0 Å². The molecule has 1 unspecified atom stereocenters. The Morgan fingerprint density at radius 3 is 2.33 bits per heavy atom. The molecule has 0 amide bonds. The quantitative estimate of drug-likeness (QED) is 0.669. The Morgan fingerprint density at radius 1 is 1.07 bits per heavy atom. The zero-order chi connectivity index (χ0) is 10.8. The molecular weight excluding hydrogens is 188 g/mol. The van der Waals surface area contributed by atoms with Crippen LogP contribution in [0.3, 0.4) is 0 Å². The van der Waals surface area contributed by atoms with Crippen molar-refractivity contribution in [2.45, 2.75) is 63.9 Å². The van der Waals surface area contributed by atoms with Crippen LogP contribution in [0.2, 0.25) is 0 Å². The van der Waals surface area contributed by atoms with Gasteiger partial charge in [0.1, 0.15) is 5.60 Å². The van der Waals surface area contributed by atoms with E-state index in [0.717, 1.165) is 12.7 Å². The van der Waals surface area contributed by atoms with Gasteiger partial charge in [-0.2, -0.15) is 0 Å². The van der Waals surface area contributed by atoms with Gasteiger partial charge in [-0.1, -0.05) is 19.3 Å². The predicted molar refractivity (Wildman–Crippen MR) is 59.8 cm³/mol. The molecule has 0 N–H and O–H groups in total. The number of rotatable bonds is 3. The molecule has 2 rings (SSSR count). The molecule has 0 heterocycles. The summed E-state index contributed by atoms with van der Waals surface area (Å²) in [7, 11) is 0. The van der Waals surface area contributed by atoms with Crippen molar-refractivity contribution in [3.05, 3.63) is 0 Å². The van der Waals surface area contributed by atoms with Crippen molar-refractivity contribution in [1.82, 2.24) is 0 Å². The lowest BCUT2D eigenvalue weighted by molar-refractivity contribution is -0.152. The molecule has 15 heavy (non-hydrogen) atoms. The highest BCUT2D eigenvalue weighted by Gasteiger charge is 2.55. The fraction of sp³-hybridized carbons (Fsp3) is 0.923. The second-order valence-electron chi connectivity index (χ2n) is 5.13. The molecule has 0 bridgehead atoms. The number of hydrogen-bond donors (Lipinski definition) is 0. The normalized spacial score (nSPS) is 34.5. The van der Waals surface area contributed by atoms with Crippen LogP contribution in [0.5, 0.6) is 0 Å². The van der Waals surface area contributed by atoms with E-state index in [4.69, 9.17) is 4.74 Å². The van der Waals surface area contributed by atoms with E-state index in [2.05, 4.69) is 0 Å². The van der Waals surface area contributed by atoms with Crippen LogP contribution in [-0.4, -0.2) is 18.5 Å². The zero-order valence-electron chi connectivity index (χ0n) is 9.76. The largest absolute Gasteiger partial charge is 0.367 e. The van der Waals surface area contributed by atoms with Crippen LogP contribution in [-0.2, 0) is 9.53 Å². The Kier molecular flexibility index (Phi) is 3.15. The van der Waals surface area contributed by atoms with Crippen LogP contribution in [0.4, 0.5) is 0 Å². The molecule has 2 fully saturated rings. The maximum Gasteiger partial charge on any atom is 0.152 e. The third kappa shape index (κ3) is 1.63. The molecule has 0 aliphatic heterocycles. The van der Waals surface area contributed by atoms with Crippen molar-refractivity contribution in [1.29, 1.82) is 0 Å². The fourth-order valence-electron chi connectivity index (χ4n) is 3.77. The summed E-state index contributed by atoms with van der Waals surface area (Å²) in [5.74, 6) is 0. The summed E-state index contributed by atoms with van der Waals surface area (Å²) in [6.45, 7) is 2.67. The summed E-state index contributed by atoms with van der Waals surface area (Å²) in [4.78, 5) is 11.5. The van der Waals surface area contributed by atoms with E-state index in [1.54, 1.807) is 0 Å². The van der Waals surface area contributed by atoms with Crippen molar-refractivity contribution in [2.75, 3.05) is 6.61 Å². The first kappa shape index (κ1) is 11.1. The van der Waals surface area contributed by atoms with Crippen molar-refractivity contribution in [3.8, 4) is 0 Å². The molecule has 2 nitrogen and oxygen atoms in total. The van der Waals surface area contributed by atoms with Crippen LogP contribution in [0.1, 0.15) is 58.3 Å². The smallest absolute Gasteiger partial charge is 0.152 e. The Bertz CT molecular complexity index is 231. The van der Waals surface area contributed by atoms with Gasteiger partial charge in [0.25, 0.3) is 0 Å². The lowest BCUT2D eigenvalue weighted by Crippen LogP contribution is -2.48. The lowest BCUT2D eigenvalue weighted by Gasteiger charge is -2.44. The van der Waals surface area contributed by atoms with E-state index in [1.807, 2.05) is 6.92 Å². The summed E-state index contributed by atoms with van der Waals surface area (Å²) in [5, 5.41) is 0.